The molecular formula is C17H19NO3. The number of hydrogen-bond donors (Lipinski definition) is 1. The zero-order chi connectivity index (χ0) is 14.8. The number of ether oxygens (including phenoxy) is 1. The Hall–Kier alpha value is -2.23. The molecule has 0 saturated heterocycles. The van der Waals surface area contributed by atoms with E-state index in [9.17, 15) is 4.79 Å². The van der Waals surface area contributed by atoms with Crippen molar-refractivity contribution < 1.29 is 13.9 Å². The van der Waals surface area contributed by atoms with Gasteiger partial charge in [-0.3, -0.25) is 4.79 Å². The van der Waals surface area contributed by atoms with Gasteiger partial charge in [0.05, 0.1) is 0 Å². The summed E-state index contributed by atoms with van der Waals surface area (Å²) in [6, 6.07) is 9.84. The Morgan fingerprint density at radius 2 is 1.95 bits per heavy atom. The minimum atomic E-state index is -0.143. The van der Waals surface area contributed by atoms with Crippen LogP contribution in [0.25, 0.3) is 0 Å². The van der Waals surface area contributed by atoms with Gasteiger partial charge in [0.1, 0.15) is 18.1 Å². The summed E-state index contributed by atoms with van der Waals surface area (Å²) < 4.78 is 11.4. The maximum absolute atomic E-state index is 11.8. The summed E-state index contributed by atoms with van der Waals surface area (Å²) >= 11 is 0. The van der Waals surface area contributed by atoms with E-state index in [1.165, 1.54) is 0 Å². The molecule has 1 saturated carbocycles. The van der Waals surface area contributed by atoms with Crippen LogP contribution in [-0.4, -0.2) is 11.9 Å². The van der Waals surface area contributed by atoms with Gasteiger partial charge in [0, 0.05) is 6.04 Å². The Labute approximate surface area is 124 Å². The van der Waals surface area contributed by atoms with Crippen molar-refractivity contribution in [2.75, 3.05) is 0 Å². The molecule has 1 N–H and O–H groups in total. The molecule has 0 spiro atoms. The van der Waals surface area contributed by atoms with Gasteiger partial charge in [0.2, 0.25) is 0 Å². The molecule has 0 unspecified atom stereocenters. The zero-order valence-corrected chi connectivity index (χ0v) is 12.3. The van der Waals surface area contributed by atoms with Crippen LogP contribution < -0.4 is 10.1 Å². The van der Waals surface area contributed by atoms with Crippen molar-refractivity contribution in [3.63, 3.8) is 0 Å². The normalized spacial score (nSPS) is 14.0. The van der Waals surface area contributed by atoms with Crippen molar-refractivity contribution in [1.82, 2.24) is 5.32 Å². The number of benzene rings is 1. The number of amides is 1. The van der Waals surface area contributed by atoms with E-state index in [1.807, 2.05) is 32.0 Å². The van der Waals surface area contributed by atoms with Gasteiger partial charge in [-0.2, -0.15) is 0 Å². The molecule has 1 aromatic carbocycles. The average Bonchev–Trinajstić information content (AvgIpc) is 3.13. The standard InChI is InChI=1S/C17H19NO3/c1-11-4-3-5-12(2)16(11)20-10-14-8-9-15(21-14)17(19)18-13-6-7-13/h3-5,8-9,13H,6-7,10H2,1-2H3,(H,18,19). The predicted molar refractivity (Wildman–Crippen MR) is 79.4 cm³/mol. The van der Waals surface area contributed by atoms with E-state index >= 15 is 0 Å². The third-order valence-electron chi connectivity index (χ3n) is 3.57. The first kappa shape index (κ1) is 13.7. The third kappa shape index (κ3) is 3.27. The Morgan fingerprint density at radius 1 is 1.24 bits per heavy atom. The fraction of sp³-hybridized carbons (Fsp3) is 0.353. The maximum Gasteiger partial charge on any atom is 0.287 e. The summed E-state index contributed by atoms with van der Waals surface area (Å²) in [7, 11) is 0. The molecule has 0 bridgehead atoms. The van der Waals surface area contributed by atoms with Crippen molar-refractivity contribution in [2.45, 2.75) is 39.3 Å². The highest BCUT2D eigenvalue weighted by Gasteiger charge is 2.25. The third-order valence-corrected chi connectivity index (χ3v) is 3.57. The van der Waals surface area contributed by atoms with Crippen LogP contribution in [0, 0.1) is 13.8 Å². The summed E-state index contributed by atoms with van der Waals surface area (Å²) in [5.74, 6) is 1.73. The summed E-state index contributed by atoms with van der Waals surface area (Å²) in [4.78, 5) is 11.8. The van der Waals surface area contributed by atoms with E-state index in [0.29, 0.717) is 24.2 Å². The van der Waals surface area contributed by atoms with Crippen LogP contribution in [0.1, 0.15) is 40.3 Å². The topological polar surface area (TPSA) is 51.5 Å². The smallest absolute Gasteiger partial charge is 0.287 e. The number of rotatable bonds is 5. The number of furan rings is 1. The lowest BCUT2D eigenvalue weighted by molar-refractivity contribution is 0.0919. The number of para-hydroxylation sites is 1. The second kappa shape index (κ2) is 5.64. The molecule has 1 aromatic heterocycles. The Kier molecular flexibility index (Phi) is 3.69. The first-order valence-corrected chi connectivity index (χ1v) is 7.22. The highest BCUT2D eigenvalue weighted by atomic mass is 16.5. The number of nitrogens with one attached hydrogen (secondary N) is 1. The maximum atomic E-state index is 11.8. The molecule has 1 aliphatic rings. The summed E-state index contributed by atoms with van der Waals surface area (Å²) in [6.07, 6.45) is 2.13. The minimum absolute atomic E-state index is 0.143. The molecule has 1 fully saturated rings. The average molecular weight is 285 g/mol. The van der Waals surface area contributed by atoms with Gasteiger partial charge in [-0.1, -0.05) is 18.2 Å². The van der Waals surface area contributed by atoms with Crippen LogP contribution >= 0.6 is 0 Å². The Bertz CT molecular complexity index is 636. The number of hydrogen-bond acceptors (Lipinski definition) is 3. The molecule has 1 heterocycles. The number of carbonyl (C=O) groups is 1. The molecule has 4 nitrogen and oxygen atoms in total. The van der Waals surface area contributed by atoms with E-state index < -0.39 is 0 Å². The fourth-order valence-electron chi connectivity index (χ4n) is 2.23. The van der Waals surface area contributed by atoms with Gasteiger partial charge in [-0.15, -0.1) is 0 Å². The largest absolute Gasteiger partial charge is 0.485 e. The van der Waals surface area contributed by atoms with Crippen LogP contribution in [-0.2, 0) is 6.61 Å². The second-order valence-corrected chi connectivity index (χ2v) is 5.52. The lowest BCUT2D eigenvalue weighted by Crippen LogP contribution is -2.24. The van der Waals surface area contributed by atoms with Crippen molar-refractivity contribution in [2.24, 2.45) is 0 Å². The molecule has 3 rings (SSSR count). The molecule has 110 valence electrons. The van der Waals surface area contributed by atoms with Gasteiger partial charge < -0.3 is 14.5 Å². The van der Waals surface area contributed by atoms with Crippen molar-refractivity contribution in [3.05, 3.63) is 53.0 Å². The summed E-state index contributed by atoms with van der Waals surface area (Å²) in [5.41, 5.74) is 2.18. The first-order valence-electron chi connectivity index (χ1n) is 7.22. The van der Waals surface area contributed by atoms with E-state index in [4.69, 9.17) is 9.15 Å². The summed E-state index contributed by atoms with van der Waals surface area (Å²) in [6.45, 7) is 4.35. The van der Waals surface area contributed by atoms with Crippen molar-refractivity contribution in [1.29, 1.82) is 0 Å². The van der Waals surface area contributed by atoms with E-state index in [0.717, 1.165) is 29.7 Å². The monoisotopic (exact) mass is 285 g/mol. The SMILES string of the molecule is Cc1cccc(C)c1OCc1ccc(C(=O)NC2CC2)o1. The Balaban J connectivity index is 1.63. The molecule has 0 radical (unpaired) electrons. The molecular weight excluding hydrogens is 266 g/mol. The molecule has 1 aliphatic carbocycles. The van der Waals surface area contributed by atoms with Crippen LogP contribution in [0.15, 0.2) is 34.7 Å². The van der Waals surface area contributed by atoms with Crippen LogP contribution in [0.4, 0.5) is 0 Å². The molecule has 0 atom stereocenters. The van der Waals surface area contributed by atoms with Crippen LogP contribution in [0.2, 0.25) is 0 Å². The van der Waals surface area contributed by atoms with Crippen LogP contribution in [0.3, 0.4) is 0 Å². The highest BCUT2D eigenvalue weighted by molar-refractivity contribution is 5.91. The lowest BCUT2D eigenvalue weighted by Gasteiger charge is -2.10. The predicted octanol–water partition coefficient (Wildman–Crippen LogP) is 3.37. The van der Waals surface area contributed by atoms with Crippen molar-refractivity contribution >= 4 is 5.91 Å². The number of carbonyl (C=O) groups excluding carboxylic acids is 1. The van der Waals surface area contributed by atoms with Gasteiger partial charge in [0.25, 0.3) is 5.91 Å². The molecule has 0 aliphatic heterocycles. The van der Waals surface area contributed by atoms with Gasteiger partial charge in [-0.05, 0) is 49.9 Å². The number of aryl methyl sites for hydroxylation is 2. The van der Waals surface area contributed by atoms with Gasteiger partial charge in [-0.25, -0.2) is 0 Å². The lowest BCUT2D eigenvalue weighted by atomic mass is 10.1. The second-order valence-electron chi connectivity index (χ2n) is 5.52. The van der Waals surface area contributed by atoms with Crippen LogP contribution in [0.5, 0.6) is 5.75 Å². The first-order chi connectivity index (χ1) is 10.1. The molecule has 1 amide bonds. The van der Waals surface area contributed by atoms with Gasteiger partial charge in [0.15, 0.2) is 5.76 Å². The quantitative estimate of drug-likeness (QED) is 0.916. The fourth-order valence-corrected chi connectivity index (χ4v) is 2.23. The van der Waals surface area contributed by atoms with E-state index in [-0.39, 0.29) is 5.91 Å². The molecule has 4 heteroatoms. The van der Waals surface area contributed by atoms with E-state index in [2.05, 4.69) is 5.32 Å². The van der Waals surface area contributed by atoms with Crippen molar-refractivity contribution in [3.8, 4) is 5.75 Å². The molecule has 2 aromatic rings. The zero-order valence-electron chi connectivity index (χ0n) is 12.3. The highest BCUT2D eigenvalue weighted by Crippen LogP contribution is 2.24. The van der Waals surface area contributed by atoms with E-state index in [1.54, 1.807) is 12.1 Å². The summed E-state index contributed by atoms with van der Waals surface area (Å²) in [5, 5.41) is 2.90. The van der Waals surface area contributed by atoms with Gasteiger partial charge >= 0.3 is 0 Å². The molecule has 21 heavy (non-hydrogen) atoms. The minimum Gasteiger partial charge on any atom is -0.485 e. The Morgan fingerprint density at radius 3 is 2.62 bits per heavy atom.